The molecule has 1 rings (SSSR count). The predicted octanol–water partition coefficient (Wildman–Crippen LogP) is -4.85. The summed E-state index contributed by atoms with van der Waals surface area (Å²) in [6, 6.07) is -13.4. The highest BCUT2D eigenvalue weighted by atomic mass is 16.4. The standard InChI is InChI=1S/C43H71N13O15/c1-19(2)14-28(40(67)55-30(43(70)71)15-20(3)4)53-41(68)29(16-24-17-47-18-48-24)54-39(66)26(9-12-32(46)59)51-38(65)25(8-11-31(45)58)50-36(63)22(6)49-37(64)27(10-13-33(60)61)52-42(69)34(23(7)57)56-35(62)21(5)44/h17-23,25-30,34,57H,8-16,44H2,1-7H3,(H2,45,58)(H2,46,59)(H,47,48)(H,49,64)(H,50,63)(H,51,65)(H,52,69)(H,53,68)(H,54,66)(H,55,67)(H,56,62)(H,60,61)(H,70,71)/t21-,22-,23+,25-,26-,27-,28-,29-,30-,34-/m0/s1. The van der Waals surface area contributed by atoms with Crippen LogP contribution < -0.4 is 59.7 Å². The zero-order valence-electron chi connectivity index (χ0n) is 40.9. The molecule has 10 amide bonds. The maximum Gasteiger partial charge on any atom is 0.326 e. The summed E-state index contributed by atoms with van der Waals surface area (Å²) in [4.78, 5) is 162. The number of imidazole rings is 1. The summed E-state index contributed by atoms with van der Waals surface area (Å²) < 4.78 is 0. The largest absolute Gasteiger partial charge is 0.481 e. The number of H-pyrrole nitrogens is 1. The number of carbonyl (C=O) groups is 12. The van der Waals surface area contributed by atoms with E-state index >= 15 is 0 Å². The zero-order chi connectivity index (χ0) is 54.3. The molecule has 0 unspecified atom stereocenters. The molecule has 1 aromatic heterocycles. The molecule has 0 saturated heterocycles. The summed E-state index contributed by atoms with van der Waals surface area (Å²) in [7, 11) is 0. The molecule has 0 radical (unpaired) electrons. The lowest BCUT2D eigenvalue weighted by molar-refractivity contribution is -0.143. The number of rotatable bonds is 33. The fourth-order valence-corrected chi connectivity index (χ4v) is 6.58. The van der Waals surface area contributed by atoms with Crippen LogP contribution in [0.4, 0.5) is 0 Å². The third kappa shape index (κ3) is 23.8. The lowest BCUT2D eigenvalue weighted by atomic mass is 10.00. The Labute approximate surface area is 409 Å². The maximum atomic E-state index is 14.0. The van der Waals surface area contributed by atoms with Crippen molar-refractivity contribution in [2.75, 3.05) is 0 Å². The number of aliphatic carboxylic acids is 2. The average Bonchev–Trinajstić information content (AvgIpc) is 3.78. The first kappa shape index (κ1) is 61.8. The first-order valence-corrected chi connectivity index (χ1v) is 22.9. The van der Waals surface area contributed by atoms with E-state index in [4.69, 9.17) is 17.2 Å². The van der Waals surface area contributed by atoms with Crippen LogP contribution in [0.25, 0.3) is 0 Å². The van der Waals surface area contributed by atoms with Crippen LogP contribution in [0.1, 0.15) is 106 Å². The Morgan fingerprint density at radius 2 is 0.944 bits per heavy atom. The summed E-state index contributed by atoms with van der Waals surface area (Å²) in [6.07, 6.45) is -2.09. The molecule has 0 aliphatic carbocycles. The number of aliphatic hydroxyl groups is 1. The van der Waals surface area contributed by atoms with Gasteiger partial charge < -0.3 is 80.0 Å². The number of carboxylic acid groups (broad SMARTS) is 2. The number of primary amides is 2. The van der Waals surface area contributed by atoms with Crippen molar-refractivity contribution in [3.63, 3.8) is 0 Å². The second kappa shape index (κ2) is 30.4. The lowest BCUT2D eigenvalue weighted by Gasteiger charge is -2.28. The summed E-state index contributed by atoms with van der Waals surface area (Å²) >= 11 is 0. The molecule has 28 nitrogen and oxygen atoms in total. The minimum atomic E-state index is -1.68. The molecule has 18 N–H and O–H groups in total. The van der Waals surface area contributed by atoms with Crippen molar-refractivity contribution >= 4 is 71.0 Å². The van der Waals surface area contributed by atoms with Crippen LogP contribution in [0.3, 0.4) is 0 Å². The smallest absolute Gasteiger partial charge is 0.326 e. The van der Waals surface area contributed by atoms with E-state index < -0.39 is 170 Å². The van der Waals surface area contributed by atoms with Gasteiger partial charge in [-0.25, -0.2) is 9.78 Å². The number of hydrogen-bond donors (Lipinski definition) is 15. The van der Waals surface area contributed by atoms with Crippen molar-refractivity contribution in [1.29, 1.82) is 0 Å². The molecular formula is C43H71N13O15. The van der Waals surface area contributed by atoms with Crippen LogP contribution in [0.5, 0.6) is 0 Å². The molecule has 1 aromatic rings. The number of nitrogens with zero attached hydrogens (tertiary/aromatic N) is 1. The highest BCUT2D eigenvalue weighted by Gasteiger charge is 2.36. The second-order valence-electron chi connectivity index (χ2n) is 17.9. The minimum absolute atomic E-state index is 0.0505. The molecule has 0 saturated carbocycles. The summed E-state index contributed by atoms with van der Waals surface area (Å²) in [5.41, 5.74) is 16.5. The monoisotopic (exact) mass is 1010 g/mol. The molecule has 0 aliphatic rings. The Bertz CT molecular complexity index is 2030. The third-order valence-electron chi connectivity index (χ3n) is 10.4. The number of nitrogens with one attached hydrogen (secondary N) is 9. The number of nitrogens with two attached hydrogens (primary N) is 3. The van der Waals surface area contributed by atoms with E-state index in [9.17, 15) is 72.9 Å². The zero-order valence-corrected chi connectivity index (χ0v) is 40.9. The first-order chi connectivity index (χ1) is 33.0. The Hall–Kier alpha value is -7.23. The molecular weight excluding hydrogens is 939 g/mol. The van der Waals surface area contributed by atoms with E-state index in [-0.39, 0.29) is 36.8 Å². The summed E-state index contributed by atoms with van der Waals surface area (Å²) in [6.45, 7) is 10.7. The quantitative estimate of drug-likeness (QED) is 0.0314. The number of carboxylic acids is 2. The molecule has 28 heteroatoms. The third-order valence-corrected chi connectivity index (χ3v) is 10.4. The van der Waals surface area contributed by atoms with Crippen molar-refractivity contribution < 1.29 is 72.9 Å². The minimum Gasteiger partial charge on any atom is -0.481 e. The van der Waals surface area contributed by atoms with Gasteiger partial charge in [-0.1, -0.05) is 27.7 Å². The van der Waals surface area contributed by atoms with Crippen LogP contribution in [-0.2, 0) is 64.0 Å². The first-order valence-electron chi connectivity index (χ1n) is 22.9. The van der Waals surface area contributed by atoms with Crippen LogP contribution in [0, 0.1) is 11.8 Å². The van der Waals surface area contributed by atoms with Gasteiger partial charge in [0.1, 0.15) is 48.3 Å². The van der Waals surface area contributed by atoms with E-state index in [2.05, 4.69) is 52.5 Å². The van der Waals surface area contributed by atoms with Crippen LogP contribution in [-0.4, -0.2) is 157 Å². The highest BCUT2D eigenvalue weighted by molar-refractivity contribution is 5.98. The van der Waals surface area contributed by atoms with Crippen molar-refractivity contribution in [3.8, 4) is 0 Å². The van der Waals surface area contributed by atoms with Gasteiger partial charge in [-0.3, -0.25) is 52.7 Å². The Morgan fingerprint density at radius 3 is 1.38 bits per heavy atom. The van der Waals surface area contributed by atoms with Gasteiger partial charge in [0.25, 0.3) is 0 Å². The van der Waals surface area contributed by atoms with Crippen LogP contribution >= 0.6 is 0 Å². The van der Waals surface area contributed by atoms with Gasteiger partial charge in [0.05, 0.1) is 24.2 Å². The molecule has 0 bridgehead atoms. The molecule has 10 atom stereocenters. The van der Waals surface area contributed by atoms with Gasteiger partial charge in [0, 0.05) is 31.9 Å². The van der Waals surface area contributed by atoms with Crippen molar-refractivity contribution in [3.05, 3.63) is 18.2 Å². The number of aromatic amines is 1. The summed E-state index contributed by atoms with van der Waals surface area (Å²) in [5.74, 6) is -12.8. The second-order valence-corrected chi connectivity index (χ2v) is 17.9. The fraction of sp³-hybridized carbons (Fsp3) is 0.651. The van der Waals surface area contributed by atoms with Crippen LogP contribution in [0.2, 0.25) is 0 Å². The van der Waals surface area contributed by atoms with Crippen LogP contribution in [0.15, 0.2) is 12.5 Å². The number of aromatic nitrogens is 2. The molecule has 71 heavy (non-hydrogen) atoms. The number of aliphatic hydroxyl groups excluding tert-OH is 1. The average molecular weight is 1010 g/mol. The van der Waals surface area contributed by atoms with Gasteiger partial charge in [-0.05, 0) is 64.7 Å². The van der Waals surface area contributed by atoms with E-state index in [1.54, 1.807) is 27.7 Å². The highest BCUT2D eigenvalue weighted by Crippen LogP contribution is 2.12. The fourth-order valence-electron chi connectivity index (χ4n) is 6.58. The van der Waals surface area contributed by atoms with Gasteiger partial charge >= 0.3 is 11.9 Å². The predicted molar refractivity (Wildman–Crippen MR) is 249 cm³/mol. The number of hydrogen-bond acceptors (Lipinski definition) is 15. The topological polar surface area (TPSA) is 469 Å². The molecule has 398 valence electrons. The van der Waals surface area contributed by atoms with Gasteiger partial charge in [-0.2, -0.15) is 0 Å². The van der Waals surface area contributed by atoms with Gasteiger partial charge in [0.2, 0.25) is 59.1 Å². The molecule has 1 heterocycles. The number of carbonyl (C=O) groups excluding carboxylic acids is 10. The maximum absolute atomic E-state index is 14.0. The Morgan fingerprint density at radius 1 is 0.535 bits per heavy atom. The Balaban J connectivity index is 3.46. The van der Waals surface area contributed by atoms with Crippen molar-refractivity contribution in [1.82, 2.24) is 52.5 Å². The van der Waals surface area contributed by atoms with E-state index in [0.717, 1.165) is 13.8 Å². The van der Waals surface area contributed by atoms with Gasteiger partial charge in [-0.15, -0.1) is 0 Å². The molecule has 0 aromatic carbocycles. The lowest BCUT2D eigenvalue weighted by Crippen LogP contribution is -2.61. The SMILES string of the molecule is CC(C)C[C@H](NC(=O)[C@H](CC(C)C)NC(=O)[C@H](Cc1c[nH]cn1)NC(=O)[C@H](CCC(N)=O)NC(=O)[C@H](CCC(N)=O)NC(=O)[C@H](C)NC(=O)[C@H](CCC(=O)O)NC(=O)[C@@H](NC(=O)[C@H](C)N)[C@@H](C)O)C(=O)O. The normalized spacial score (nSPS) is 15.4. The van der Waals surface area contributed by atoms with E-state index in [1.807, 2.05) is 0 Å². The van der Waals surface area contributed by atoms with Gasteiger partial charge in [0.15, 0.2) is 0 Å². The van der Waals surface area contributed by atoms with Crippen molar-refractivity contribution in [2.45, 2.75) is 167 Å². The molecule has 0 fully saturated rings. The van der Waals surface area contributed by atoms with E-state index in [0.29, 0.717) is 0 Å². The molecule has 0 aliphatic heterocycles. The summed E-state index contributed by atoms with van der Waals surface area (Å²) in [5, 5.41) is 48.1. The Kier molecular flexibility index (Phi) is 26.4. The number of amides is 10. The van der Waals surface area contributed by atoms with Crippen molar-refractivity contribution in [2.24, 2.45) is 29.0 Å². The van der Waals surface area contributed by atoms with E-state index in [1.165, 1.54) is 19.4 Å². The molecule has 0 spiro atoms.